The third-order valence-electron chi connectivity index (χ3n) is 3.43. The van der Waals surface area contributed by atoms with Gasteiger partial charge in [0.15, 0.2) is 11.4 Å². The zero-order valence-electron chi connectivity index (χ0n) is 10.4. The summed E-state index contributed by atoms with van der Waals surface area (Å²) in [5, 5.41) is 7.64. The smallest absolute Gasteiger partial charge is 0.333 e. The van der Waals surface area contributed by atoms with Gasteiger partial charge in [-0.05, 0) is 25.0 Å². The van der Waals surface area contributed by atoms with Crippen LogP contribution in [0.2, 0.25) is 0 Å². The van der Waals surface area contributed by atoms with Crippen LogP contribution >= 0.6 is 12.8 Å². The lowest BCUT2D eigenvalue weighted by Gasteiger charge is -2.17. The summed E-state index contributed by atoms with van der Waals surface area (Å²) in [5.41, 5.74) is 0.644. The van der Waals surface area contributed by atoms with Crippen LogP contribution in [0.4, 0.5) is 10.6 Å². The summed E-state index contributed by atoms with van der Waals surface area (Å²) < 4.78 is 6.38. The first-order chi connectivity index (χ1) is 9.25. The second-order valence-corrected chi connectivity index (χ2v) is 5.15. The molecule has 1 aliphatic rings. The van der Waals surface area contributed by atoms with E-state index in [2.05, 4.69) is 23.3 Å². The Kier molecular flexibility index (Phi) is 3.33. The highest BCUT2D eigenvalue weighted by Crippen LogP contribution is 2.27. The molecule has 1 heterocycles. The van der Waals surface area contributed by atoms with Gasteiger partial charge in [0.25, 0.3) is 0 Å². The maximum absolute atomic E-state index is 12.1. The normalized spacial score (nSPS) is 15.8. The van der Waals surface area contributed by atoms with Crippen molar-refractivity contribution in [1.29, 1.82) is 0 Å². The van der Waals surface area contributed by atoms with Gasteiger partial charge in [-0.2, -0.15) is 0 Å². The van der Waals surface area contributed by atoms with Gasteiger partial charge in [0.1, 0.15) is 0 Å². The number of nitrogens with zero attached hydrogens (tertiary/aromatic N) is 2. The Balaban J connectivity index is 1.78. The lowest BCUT2D eigenvalue weighted by Crippen LogP contribution is -2.39. The molecule has 5 nitrogen and oxygen atoms in total. The van der Waals surface area contributed by atoms with Crippen LogP contribution in [-0.4, -0.2) is 17.2 Å². The number of para-hydroxylation sites is 1. The molecule has 1 fully saturated rings. The van der Waals surface area contributed by atoms with Crippen molar-refractivity contribution in [3.63, 3.8) is 0 Å². The monoisotopic (exact) mass is 277 g/mol. The fourth-order valence-electron chi connectivity index (χ4n) is 2.43. The van der Waals surface area contributed by atoms with Crippen LogP contribution in [0.1, 0.15) is 25.7 Å². The fourth-order valence-corrected chi connectivity index (χ4v) is 2.63. The Morgan fingerprint density at radius 1 is 1.37 bits per heavy atom. The van der Waals surface area contributed by atoms with Crippen LogP contribution in [0.25, 0.3) is 11.0 Å². The molecule has 0 spiro atoms. The first kappa shape index (κ1) is 12.3. The van der Waals surface area contributed by atoms with Crippen LogP contribution in [0, 0.1) is 0 Å². The van der Waals surface area contributed by atoms with E-state index in [1.165, 1.54) is 17.1 Å². The summed E-state index contributed by atoms with van der Waals surface area (Å²) >= 11 is 4.23. The highest BCUT2D eigenvalue weighted by atomic mass is 32.1. The largest absolute Gasteiger partial charge is 0.354 e. The minimum Gasteiger partial charge on any atom is -0.354 e. The Bertz CT molecular complexity index is 592. The summed E-state index contributed by atoms with van der Waals surface area (Å²) in [7, 11) is 0. The number of rotatable bonds is 2. The van der Waals surface area contributed by atoms with Gasteiger partial charge in [0.05, 0.1) is 5.39 Å². The minimum absolute atomic E-state index is 0.250. The summed E-state index contributed by atoms with van der Waals surface area (Å²) in [5.74, 6) is 0.425. The quantitative estimate of drug-likeness (QED) is 0.829. The third-order valence-corrected chi connectivity index (χ3v) is 3.81. The molecule has 0 radical (unpaired) electrons. The predicted molar refractivity (Wildman–Crippen MR) is 76.3 cm³/mol. The predicted octanol–water partition coefficient (Wildman–Crippen LogP) is 3.13. The number of hydrogen-bond donors (Lipinski definition) is 2. The topological polar surface area (TPSA) is 58.4 Å². The van der Waals surface area contributed by atoms with Crippen LogP contribution in [0.3, 0.4) is 0 Å². The summed E-state index contributed by atoms with van der Waals surface area (Å²) in [6, 6.07) is 7.39. The maximum atomic E-state index is 12.1. The van der Waals surface area contributed by atoms with Gasteiger partial charge in [-0.25, -0.2) is 9.10 Å². The van der Waals surface area contributed by atoms with E-state index in [0.29, 0.717) is 11.4 Å². The van der Waals surface area contributed by atoms with Crippen molar-refractivity contribution < 1.29 is 9.32 Å². The number of nitrogens with one attached hydrogen (secondary N) is 1. The van der Waals surface area contributed by atoms with Crippen molar-refractivity contribution in [2.45, 2.75) is 31.7 Å². The molecule has 2 aromatic rings. The van der Waals surface area contributed by atoms with E-state index in [-0.39, 0.29) is 12.1 Å². The Labute approximate surface area is 116 Å². The fraction of sp³-hybridized carbons (Fsp3) is 0.385. The van der Waals surface area contributed by atoms with Crippen molar-refractivity contribution >= 4 is 35.6 Å². The molecule has 100 valence electrons. The average Bonchev–Trinajstić information content (AvgIpc) is 3.06. The molecule has 0 atom stereocenters. The molecule has 1 N–H and O–H groups in total. The third kappa shape index (κ3) is 2.40. The van der Waals surface area contributed by atoms with Gasteiger partial charge in [-0.1, -0.05) is 42.9 Å². The van der Waals surface area contributed by atoms with Crippen LogP contribution in [-0.2, 0) is 0 Å². The number of carbonyl (C=O) groups is 1. The van der Waals surface area contributed by atoms with Crippen molar-refractivity contribution in [3.8, 4) is 0 Å². The van der Waals surface area contributed by atoms with Crippen LogP contribution < -0.4 is 9.62 Å². The number of benzene rings is 1. The molecular weight excluding hydrogens is 262 g/mol. The Hall–Kier alpha value is -1.69. The van der Waals surface area contributed by atoms with Gasteiger partial charge >= 0.3 is 6.03 Å². The van der Waals surface area contributed by atoms with Crippen LogP contribution in [0.5, 0.6) is 0 Å². The van der Waals surface area contributed by atoms with Gasteiger partial charge < -0.3 is 9.84 Å². The SMILES string of the molecule is O=C(NC1CCCC1)N(S)c1noc2ccccc12. The van der Waals surface area contributed by atoms with Gasteiger partial charge in [0, 0.05) is 6.04 Å². The van der Waals surface area contributed by atoms with E-state index >= 15 is 0 Å². The maximum Gasteiger partial charge on any atom is 0.333 e. The number of carbonyl (C=O) groups excluding carboxylic acids is 1. The number of fused-ring (bicyclic) bond motifs is 1. The molecule has 1 saturated carbocycles. The lowest BCUT2D eigenvalue weighted by atomic mass is 10.2. The number of hydrogen-bond acceptors (Lipinski definition) is 4. The first-order valence-corrected chi connectivity index (χ1v) is 6.79. The van der Waals surface area contributed by atoms with Crippen LogP contribution in [0.15, 0.2) is 28.8 Å². The molecule has 0 aliphatic heterocycles. The van der Waals surface area contributed by atoms with Crippen molar-refractivity contribution in [2.75, 3.05) is 4.31 Å². The van der Waals surface area contributed by atoms with E-state index in [1.54, 1.807) is 0 Å². The summed E-state index contributed by atoms with van der Waals surface area (Å²) in [6.07, 6.45) is 4.41. The molecule has 2 amide bonds. The highest BCUT2D eigenvalue weighted by molar-refractivity contribution is 7.82. The van der Waals surface area contributed by atoms with E-state index < -0.39 is 0 Å². The molecule has 19 heavy (non-hydrogen) atoms. The second kappa shape index (κ2) is 5.13. The van der Waals surface area contributed by atoms with Crippen molar-refractivity contribution in [1.82, 2.24) is 10.5 Å². The zero-order valence-corrected chi connectivity index (χ0v) is 11.3. The number of aromatic nitrogens is 1. The standard InChI is InChI=1S/C13H15N3O2S/c17-13(14-9-5-1-2-6-9)16(19)12-10-7-3-4-8-11(10)18-15-12/h3-4,7-9,19H,1-2,5-6H2,(H,14,17). The summed E-state index contributed by atoms with van der Waals surface area (Å²) in [6.45, 7) is 0. The van der Waals surface area contributed by atoms with Crippen molar-refractivity contribution in [2.24, 2.45) is 0 Å². The Morgan fingerprint density at radius 3 is 2.89 bits per heavy atom. The Morgan fingerprint density at radius 2 is 2.11 bits per heavy atom. The molecule has 1 aliphatic carbocycles. The van der Waals surface area contributed by atoms with Gasteiger partial charge in [0.2, 0.25) is 0 Å². The highest BCUT2D eigenvalue weighted by Gasteiger charge is 2.23. The van der Waals surface area contributed by atoms with Gasteiger partial charge in [-0.3, -0.25) is 0 Å². The number of amides is 2. The van der Waals surface area contributed by atoms with E-state index in [1.807, 2.05) is 24.3 Å². The molecule has 0 saturated heterocycles. The van der Waals surface area contributed by atoms with E-state index in [0.717, 1.165) is 18.2 Å². The van der Waals surface area contributed by atoms with Crippen molar-refractivity contribution in [3.05, 3.63) is 24.3 Å². The molecular formula is C13H15N3O2S. The number of urea groups is 1. The molecule has 0 unspecified atom stereocenters. The molecule has 1 aromatic carbocycles. The van der Waals surface area contributed by atoms with Gasteiger partial charge in [-0.15, -0.1) is 0 Å². The average molecular weight is 277 g/mol. The molecule has 0 bridgehead atoms. The first-order valence-electron chi connectivity index (χ1n) is 6.39. The zero-order chi connectivity index (χ0) is 13.2. The molecule has 3 rings (SSSR count). The van der Waals surface area contributed by atoms with E-state index in [4.69, 9.17) is 4.52 Å². The minimum atomic E-state index is -0.255. The molecule has 1 aromatic heterocycles. The second-order valence-electron chi connectivity index (χ2n) is 4.75. The van der Waals surface area contributed by atoms with E-state index in [9.17, 15) is 4.79 Å². The number of anilines is 1. The number of thiol groups is 1. The lowest BCUT2D eigenvalue weighted by molar-refractivity contribution is 0.246. The summed E-state index contributed by atoms with van der Waals surface area (Å²) in [4.78, 5) is 12.1. The molecule has 6 heteroatoms.